The van der Waals surface area contributed by atoms with Gasteiger partial charge in [-0.2, -0.15) is 0 Å². The standard InChI is InChI=1S/C17H19NO4/c1-21-15-8-4-7-13(17(15)22-2)11-5-3-6-12(9-11)14(18)10-16(19)20/h3-9,14H,10,18H2,1-2H3,(H,19,20)/t14-/m0/s1. The molecule has 3 N–H and O–H groups in total. The van der Waals surface area contributed by atoms with Gasteiger partial charge < -0.3 is 20.3 Å². The van der Waals surface area contributed by atoms with Gasteiger partial charge in [-0.05, 0) is 23.3 Å². The lowest BCUT2D eigenvalue weighted by Crippen LogP contribution is -2.14. The van der Waals surface area contributed by atoms with Crippen molar-refractivity contribution in [2.45, 2.75) is 12.5 Å². The van der Waals surface area contributed by atoms with Crippen LogP contribution in [-0.4, -0.2) is 25.3 Å². The fourth-order valence-electron chi connectivity index (χ4n) is 2.36. The number of hydrogen-bond donors (Lipinski definition) is 2. The molecule has 0 aliphatic heterocycles. The maximum Gasteiger partial charge on any atom is 0.305 e. The molecule has 0 radical (unpaired) electrons. The third-order valence-corrected chi connectivity index (χ3v) is 3.42. The number of rotatable bonds is 6. The summed E-state index contributed by atoms with van der Waals surface area (Å²) >= 11 is 0. The average molecular weight is 301 g/mol. The summed E-state index contributed by atoms with van der Waals surface area (Å²) in [7, 11) is 3.17. The molecule has 2 aromatic carbocycles. The highest BCUT2D eigenvalue weighted by Gasteiger charge is 2.14. The zero-order valence-electron chi connectivity index (χ0n) is 12.6. The lowest BCUT2D eigenvalue weighted by atomic mass is 9.97. The van der Waals surface area contributed by atoms with E-state index in [9.17, 15) is 4.79 Å². The minimum atomic E-state index is -0.920. The van der Waals surface area contributed by atoms with Gasteiger partial charge in [0.1, 0.15) is 0 Å². The Balaban J connectivity index is 2.44. The van der Waals surface area contributed by atoms with Crippen LogP contribution >= 0.6 is 0 Å². The molecule has 0 aliphatic rings. The second-order valence-corrected chi connectivity index (χ2v) is 4.87. The average Bonchev–Trinajstić information content (AvgIpc) is 2.53. The largest absolute Gasteiger partial charge is 0.493 e. The Labute approximate surface area is 129 Å². The van der Waals surface area contributed by atoms with Crippen molar-refractivity contribution in [1.29, 1.82) is 0 Å². The Morgan fingerprint density at radius 1 is 1.18 bits per heavy atom. The first-order valence-electron chi connectivity index (χ1n) is 6.85. The first-order valence-corrected chi connectivity index (χ1v) is 6.85. The molecule has 2 rings (SSSR count). The van der Waals surface area contributed by atoms with Crippen molar-refractivity contribution in [2.24, 2.45) is 5.73 Å². The lowest BCUT2D eigenvalue weighted by molar-refractivity contribution is -0.137. The smallest absolute Gasteiger partial charge is 0.305 e. The van der Waals surface area contributed by atoms with E-state index in [-0.39, 0.29) is 6.42 Å². The molecule has 5 nitrogen and oxygen atoms in total. The highest BCUT2D eigenvalue weighted by Crippen LogP contribution is 2.38. The summed E-state index contributed by atoms with van der Waals surface area (Å²) in [5.74, 6) is 0.353. The number of carboxylic acid groups (broad SMARTS) is 1. The molecule has 0 unspecified atom stereocenters. The number of carbonyl (C=O) groups is 1. The number of aliphatic carboxylic acids is 1. The highest BCUT2D eigenvalue weighted by atomic mass is 16.5. The van der Waals surface area contributed by atoms with E-state index in [0.717, 1.165) is 16.7 Å². The summed E-state index contributed by atoms with van der Waals surface area (Å²) in [5, 5.41) is 8.87. The van der Waals surface area contributed by atoms with Gasteiger partial charge in [0.2, 0.25) is 0 Å². The predicted molar refractivity (Wildman–Crippen MR) is 84.2 cm³/mol. The fraction of sp³-hybridized carbons (Fsp3) is 0.235. The number of nitrogens with two attached hydrogens (primary N) is 1. The van der Waals surface area contributed by atoms with E-state index in [1.165, 1.54) is 0 Å². The van der Waals surface area contributed by atoms with Gasteiger partial charge >= 0.3 is 5.97 Å². The molecule has 22 heavy (non-hydrogen) atoms. The van der Waals surface area contributed by atoms with E-state index in [1.54, 1.807) is 14.2 Å². The van der Waals surface area contributed by atoms with Crippen molar-refractivity contribution < 1.29 is 19.4 Å². The Hall–Kier alpha value is -2.53. The van der Waals surface area contributed by atoms with Crippen LogP contribution < -0.4 is 15.2 Å². The van der Waals surface area contributed by atoms with Gasteiger partial charge in [0, 0.05) is 11.6 Å². The van der Waals surface area contributed by atoms with Gasteiger partial charge in [0.05, 0.1) is 20.6 Å². The molecule has 0 saturated carbocycles. The Morgan fingerprint density at radius 2 is 1.91 bits per heavy atom. The fourth-order valence-corrected chi connectivity index (χ4v) is 2.36. The summed E-state index contributed by atoms with van der Waals surface area (Å²) in [6.45, 7) is 0. The van der Waals surface area contributed by atoms with Gasteiger partial charge in [-0.1, -0.05) is 30.3 Å². The topological polar surface area (TPSA) is 81.8 Å². The van der Waals surface area contributed by atoms with Crippen molar-refractivity contribution in [3.63, 3.8) is 0 Å². The quantitative estimate of drug-likeness (QED) is 0.857. The molecule has 116 valence electrons. The van der Waals surface area contributed by atoms with Gasteiger partial charge in [0.25, 0.3) is 0 Å². The number of para-hydroxylation sites is 1. The Kier molecular flexibility index (Phi) is 5.01. The van der Waals surface area contributed by atoms with Crippen LogP contribution in [0.25, 0.3) is 11.1 Å². The van der Waals surface area contributed by atoms with Crippen LogP contribution in [0.1, 0.15) is 18.0 Å². The third-order valence-electron chi connectivity index (χ3n) is 3.42. The van der Waals surface area contributed by atoms with Crippen LogP contribution in [0.15, 0.2) is 42.5 Å². The van der Waals surface area contributed by atoms with Gasteiger partial charge in [-0.25, -0.2) is 0 Å². The maximum atomic E-state index is 10.8. The normalized spacial score (nSPS) is 11.8. The third kappa shape index (κ3) is 3.38. The van der Waals surface area contributed by atoms with E-state index in [1.807, 2.05) is 42.5 Å². The molecule has 0 bridgehead atoms. The van der Waals surface area contributed by atoms with Crippen LogP contribution in [0.3, 0.4) is 0 Å². The van der Waals surface area contributed by atoms with Crippen molar-refractivity contribution >= 4 is 5.97 Å². The summed E-state index contributed by atoms with van der Waals surface area (Å²) in [5.41, 5.74) is 8.47. The first-order chi connectivity index (χ1) is 10.6. The first kappa shape index (κ1) is 15.9. The van der Waals surface area contributed by atoms with Crippen molar-refractivity contribution in [3.05, 3.63) is 48.0 Å². The molecule has 0 amide bonds. The van der Waals surface area contributed by atoms with Gasteiger partial charge in [0.15, 0.2) is 11.5 Å². The molecule has 0 aliphatic carbocycles. The minimum absolute atomic E-state index is 0.112. The van der Waals surface area contributed by atoms with Crippen molar-refractivity contribution in [3.8, 4) is 22.6 Å². The van der Waals surface area contributed by atoms with Crippen LogP contribution in [0, 0.1) is 0 Å². The summed E-state index contributed by atoms with van der Waals surface area (Å²) < 4.78 is 10.7. The van der Waals surface area contributed by atoms with Crippen LogP contribution in [0.2, 0.25) is 0 Å². The number of hydrogen-bond acceptors (Lipinski definition) is 4. The second kappa shape index (κ2) is 6.95. The zero-order chi connectivity index (χ0) is 16.1. The number of carboxylic acids is 1. The monoisotopic (exact) mass is 301 g/mol. The molecule has 0 heterocycles. The highest BCUT2D eigenvalue weighted by molar-refractivity contribution is 5.74. The van der Waals surface area contributed by atoms with E-state index < -0.39 is 12.0 Å². The van der Waals surface area contributed by atoms with Crippen molar-refractivity contribution in [1.82, 2.24) is 0 Å². The van der Waals surface area contributed by atoms with E-state index in [2.05, 4.69) is 0 Å². The van der Waals surface area contributed by atoms with Crippen molar-refractivity contribution in [2.75, 3.05) is 14.2 Å². The molecule has 0 fully saturated rings. The van der Waals surface area contributed by atoms with E-state index >= 15 is 0 Å². The number of benzene rings is 2. The summed E-state index contributed by atoms with van der Waals surface area (Å²) in [6, 6.07) is 12.6. The molecule has 5 heteroatoms. The van der Waals surface area contributed by atoms with Gasteiger partial charge in [-0.3, -0.25) is 4.79 Å². The summed E-state index contributed by atoms with van der Waals surface area (Å²) in [4.78, 5) is 10.8. The minimum Gasteiger partial charge on any atom is -0.493 e. The molecular formula is C17H19NO4. The molecule has 0 aromatic heterocycles. The number of methoxy groups -OCH3 is 2. The molecule has 0 spiro atoms. The lowest BCUT2D eigenvalue weighted by Gasteiger charge is -2.15. The SMILES string of the molecule is COc1cccc(-c2cccc([C@@H](N)CC(=O)O)c2)c1OC. The molecule has 2 aromatic rings. The van der Waals surface area contributed by atoms with Crippen LogP contribution in [0.4, 0.5) is 0 Å². The molecular weight excluding hydrogens is 282 g/mol. The summed E-state index contributed by atoms with van der Waals surface area (Å²) in [6.07, 6.45) is -0.112. The molecule has 0 saturated heterocycles. The van der Waals surface area contributed by atoms with Crippen LogP contribution in [0.5, 0.6) is 11.5 Å². The zero-order valence-corrected chi connectivity index (χ0v) is 12.6. The molecule has 1 atom stereocenters. The van der Waals surface area contributed by atoms with Gasteiger partial charge in [-0.15, -0.1) is 0 Å². The maximum absolute atomic E-state index is 10.8. The van der Waals surface area contributed by atoms with Crippen LogP contribution in [-0.2, 0) is 4.79 Å². The Bertz CT molecular complexity index is 669. The second-order valence-electron chi connectivity index (χ2n) is 4.87. The van der Waals surface area contributed by atoms with E-state index in [4.69, 9.17) is 20.3 Å². The Morgan fingerprint density at radius 3 is 2.55 bits per heavy atom. The van der Waals surface area contributed by atoms with E-state index in [0.29, 0.717) is 11.5 Å². The predicted octanol–water partition coefficient (Wildman–Crippen LogP) is 2.85. The number of ether oxygens (including phenoxy) is 2.